The minimum absolute atomic E-state index is 0. The molecule has 172 valence electrons. The molecule has 0 radical (unpaired) electrons. The number of guanidine groups is 1. The molecule has 4 rings (SSSR count). The zero-order valence-corrected chi connectivity index (χ0v) is 20.5. The maximum atomic E-state index is 12.3. The number of carbonyl (C=O) groups excluding carboxylic acids is 1. The van der Waals surface area contributed by atoms with Crippen LogP contribution in [0.15, 0.2) is 29.3 Å². The Hall–Kier alpha value is -1.43. The van der Waals surface area contributed by atoms with E-state index in [2.05, 4.69) is 31.5 Å². The van der Waals surface area contributed by atoms with Gasteiger partial charge in [-0.3, -0.25) is 14.7 Å². The molecule has 3 heterocycles. The molecule has 2 atom stereocenters. The number of amides is 1. The Bertz CT molecular complexity index is 750. The van der Waals surface area contributed by atoms with Crippen LogP contribution in [-0.2, 0) is 20.8 Å². The van der Waals surface area contributed by atoms with Crippen molar-refractivity contribution in [3.63, 3.8) is 0 Å². The maximum absolute atomic E-state index is 12.3. The van der Waals surface area contributed by atoms with E-state index in [0.29, 0.717) is 19.2 Å². The van der Waals surface area contributed by atoms with Gasteiger partial charge < -0.3 is 25.0 Å². The van der Waals surface area contributed by atoms with E-state index in [1.807, 2.05) is 25.2 Å². The summed E-state index contributed by atoms with van der Waals surface area (Å²) in [5, 5.41) is 6.46. The molecule has 0 bridgehead atoms. The van der Waals surface area contributed by atoms with Crippen LogP contribution in [0, 0.1) is 0 Å². The second-order valence-electron chi connectivity index (χ2n) is 8.13. The lowest BCUT2D eigenvalue weighted by molar-refractivity contribution is -0.124. The zero-order valence-electron chi connectivity index (χ0n) is 18.2. The molecule has 2 N–H and O–H groups in total. The average Bonchev–Trinajstić information content (AvgIpc) is 3.48. The Morgan fingerprint density at radius 3 is 2.77 bits per heavy atom. The van der Waals surface area contributed by atoms with Crippen LogP contribution in [0.5, 0.6) is 0 Å². The highest BCUT2D eigenvalue weighted by Crippen LogP contribution is 2.18. The largest absolute Gasteiger partial charge is 0.379 e. The number of likely N-dealkylation sites (tertiary alicyclic amines) is 1. The van der Waals surface area contributed by atoms with Crippen LogP contribution in [0.3, 0.4) is 0 Å². The number of morpholine rings is 1. The Morgan fingerprint density at radius 1 is 1.19 bits per heavy atom. The van der Waals surface area contributed by atoms with Gasteiger partial charge in [0.25, 0.3) is 5.91 Å². The summed E-state index contributed by atoms with van der Waals surface area (Å²) in [7, 11) is 1.84. The van der Waals surface area contributed by atoms with Gasteiger partial charge in [0.15, 0.2) is 5.96 Å². The van der Waals surface area contributed by atoms with Gasteiger partial charge in [0, 0.05) is 58.1 Å². The molecule has 1 aromatic carbocycles. The van der Waals surface area contributed by atoms with Crippen LogP contribution in [0.4, 0.5) is 5.69 Å². The fraction of sp³-hybridized carbons (Fsp3) is 0.636. The number of nitrogens with one attached hydrogen (secondary N) is 2. The lowest BCUT2D eigenvalue weighted by atomic mass is 10.2. The molecule has 8 nitrogen and oxygen atoms in total. The van der Waals surface area contributed by atoms with Gasteiger partial charge in [-0.2, -0.15) is 0 Å². The summed E-state index contributed by atoms with van der Waals surface area (Å²) in [6.45, 7) is 7.06. The number of anilines is 1. The first kappa shape index (κ1) is 24.2. The molecule has 1 aromatic rings. The molecule has 31 heavy (non-hydrogen) atoms. The number of carbonyl (C=O) groups is 1. The number of benzene rings is 1. The van der Waals surface area contributed by atoms with Crippen molar-refractivity contribution in [3.8, 4) is 0 Å². The zero-order chi connectivity index (χ0) is 20.8. The predicted octanol–water partition coefficient (Wildman–Crippen LogP) is 1.90. The van der Waals surface area contributed by atoms with E-state index in [1.54, 1.807) is 0 Å². The molecule has 1 amide bonds. The number of ether oxygens (including phenoxy) is 2. The molecule has 3 aliphatic rings. The summed E-state index contributed by atoms with van der Waals surface area (Å²) in [6.07, 6.45) is 2.58. The summed E-state index contributed by atoms with van der Waals surface area (Å²) in [5.74, 6) is 0.874. The van der Waals surface area contributed by atoms with Crippen molar-refractivity contribution in [3.05, 3.63) is 29.8 Å². The molecule has 3 fully saturated rings. The Kier molecular flexibility index (Phi) is 9.36. The van der Waals surface area contributed by atoms with Gasteiger partial charge in [-0.15, -0.1) is 24.0 Å². The van der Waals surface area contributed by atoms with Crippen molar-refractivity contribution >= 4 is 41.5 Å². The Balaban J connectivity index is 0.00000272. The van der Waals surface area contributed by atoms with Crippen LogP contribution in [0.25, 0.3) is 0 Å². The highest BCUT2D eigenvalue weighted by molar-refractivity contribution is 14.0. The third-order valence-corrected chi connectivity index (χ3v) is 6.10. The number of hydrogen-bond acceptors (Lipinski definition) is 5. The van der Waals surface area contributed by atoms with Crippen molar-refractivity contribution in [1.29, 1.82) is 0 Å². The molecule has 3 saturated heterocycles. The van der Waals surface area contributed by atoms with Gasteiger partial charge >= 0.3 is 0 Å². The first-order chi connectivity index (χ1) is 14.7. The Labute approximate surface area is 201 Å². The standard InChI is InChI=1S/C22H33N5O3.HI/c1-23-22(27-8-7-19(16-27)26-9-12-29-13-10-26)24-15-17-4-2-5-18(14-17)25-21(28)20-6-3-11-30-20;/h2,4-5,14,19-20H,3,6-13,15-16H2,1H3,(H,23,24)(H,25,28);1H. The SMILES string of the molecule is CN=C(NCc1cccc(NC(=O)C2CCCO2)c1)N1CCC(N2CCOCC2)C1.I. The quantitative estimate of drug-likeness (QED) is 0.336. The van der Waals surface area contributed by atoms with Crippen LogP contribution < -0.4 is 10.6 Å². The molecule has 3 aliphatic heterocycles. The Morgan fingerprint density at radius 2 is 2.03 bits per heavy atom. The second-order valence-corrected chi connectivity index (χ2v) is 8.13. The van der Waals surface area contributed by atoms with E-state index in [1.165, 1.54) is 0 Å². The summed E-state index contributed by atoms with van der Waals surface area (Å²) in [4.78, 5) is 21.6. The number of rotatable bonds is 5. The van der Waals surface area contributed by atoms with Gasteiger partial charge in [-0.25, -0.2) is 0 Å². The van der Waals surface area contributed by atoms with Crippen molar-refractivity contribution in [2.75, 3.05) is 58.4 Å². The van der Waals surface area contributed by atoms with Crippen molar-refractivity contribution in [1.82, 2.24) is 15.1 Å². The van der Waals surface area contributed by atoms with Gasteiger partial charge in [0.05, 0.1) is 13.2 Å². The smallest absolute Gasteiger partial charge is 0.253 e. The van der Waals surface area contributed by atoms with Gasteiger partial charge in [-0.05, 0) is 37.0 Å². The summed E-state index contributed by atoms with van der Waals surface area (Å²) < 4.78 is 10.9. The third kappa shape index (κ3) is 6.53. The van der Waals surface area contributed by atoms with Gasteiger partial charge in [0.1, 0.15) is 6.10 Å². The lowest BCUT2D eigenvalue weighted by Gasteiger charge is -2.32. The van der Waals surface area contributed by atoms with Gasteiger partial charge in [-0.1, -0.05) is 12.1 Å². The minimum atomic E-state index is -0.319. The van der Waals surface area contributed by atoms with Crippen LogP contribution in [0.1, 0.15) is 24.8 Å². The first-order valence-corrected chi connectivity index (χ1v) is 11.0. The van der Waals surface area contributed by atoms with E-state index >= 15 is 0 Å². The molecule has 0 spiro atoms. The van der Waals surface area contributed by atoms with Crippen molar-refractivity contribution < 1.29 is 14.3 Å². The maximum Gasteiger partial charge on any atom is 0.253 e. The summed E-state index contributed by atoms with van der Waals surface area (Å²) in [6, 6.07) is 8.52. The molecular formula is C22H34IN5O3. The van der Waals surface area contributed by atoms with E-state index in [0.717, 1.165) is 75.9 Å². The molecule has 9 heteroatoms. The average molecular weight is 543 g/mol. The van der Waals surface area contributed by atoms with E-state index < -0.39 is 0 Å². The molecule has 0 aromatic heterocycles. The number of halogens is 1. The number of aliphatic imine (C=N–C) groups is 1. The predicted molar refractivity (Wildman–Crippen MR) is 132 cm³/mol. The summed E-state index contributed by atoms with van der Waals surface area (Å²) >= 11 is 0. The molecular weight excluding hydrogens is 509 g/mol. The van der Waals surface area contributed by atoms with E-state index in [9.17, 15) is 4.79 Å². The van der Waals surface area contributed by atoms with Crippen molar-refractivity contribution in [2.24, 2.45) is 4.99 Å². The fourth-order valence-corrected chi connectivity index (χ4v) is 4.45. The van der Waals surface area contributed by atoms with Crippen LogP contribution in [0.2, 0.25) is 0 Å². The van der Waals surface area contributed by atoms with Gasteiger partial charge in [0.2, 0.25) is 0 Å². The molecule has 0 saturated carbocycles. The fourth-order valence-electron chi connectivity index (χ4n) is 4.45. The summed E-state index contributed by atoms with van der Waals surface area (Å²) in [5.41, 5.74) is 1.91. The van der Waals surface area contributed by atoms with E-state index in [4.69, 9.17) is 9.47 Å². The van der Waals surface area contributed by atoms with E-state index in [-0.39, 0.29) is 36.0 Å². The highest BCUT2D eigenvalue weighted by Gasteiger charge is 2.30. The van der Waals surface area contributed by atoms with Crippen LogP contribution in [-0.4, -0.2) is 86.9 Å². The first-order valence-electron chi connectivity index (χ1n) is 11.0. The number of hydrogen-bond donors (Lipinski definition) is 2. The molecule has 2 unspecified atom stereocenters. The minimum Gasteiger partial charge on any atom is -0.379 e. The highest BCUT2D eigenvalue weighted by atomic mass is 127. The molecule has 0 aliphatic carbocycles. The number of nitrogens with zero attached hydrogens (tertiary/aromatic N) is 3. The monoisotopic (exact) mass is 543 g/mol. The normalized spacial score (nSPS) is 24.7. The topological polar surface area (TPSA) is 78.4 Å². The second kappa shape index (κ2) is 12.0. The lowest BCUT2D eigenvalue weighted by Crippen LogP contribution is -2.46. The third-order valence-electron chi connectivity index (χ3n) is 6.10. The van der Waals surface area contributed by atoms with Crippen LogP contribution >= 0.6 is 24.0 Å². The van der Waals surface area contributed by atoms with Crippen molar-refractivity contribution in [2.45, 2.75) is 38.0 Å².